The zero-order chi connectivity index (χ0) is 8.97. The molecule has 0 saturated heterocycles. The van der Waals surface area contributed by atoms with Crippen molar-refractivity contribution < 1.29 is 0 Å². The molecule has 0 bridgehead atoms. The first kappa shape index (κ1) is 8.93. The topological polar surface area (TPSA) is 55.0 Å². The fraction of sp³-hybridized carbons (Fsp3) is 0.500. The Morgan fingerprint density at radius 1 is 1.50 bits per heavy atom. The number of aromatic nitrogens is 2. The van der Waals surface area contributed by atoms with E-state index in [2.05, 4.69) is 9.97 Å². The van der Waals surface area contributed by atoms with Crippen LogP contribution in [0, 0.1) is 6.92 Å². The maximum absolute atomic E-state index is 5.42. The zero-order valence-electron chi connectivity index (χ0n) is 7.49. The molecular formula is C8H14N4. The van der Waals surface area contributed by atoms with E-state index in [1.165, 1.54) is 0 Å². The molecule has 1 aromatic rings. The number of nitrogens with two attached hydrogens (primary N) is 1. The van der Waals surface area contributed by atoms with Crippen LogP contribution in [0.1, 0.15) is 5.69 Å². The van der Waals surface area contributed by atoms with Gasteiger partial charge in [-0.3, -0.25) is 0 Å². The van der Waals surface area contributed by atoms with Crippen molar-refractivity contribution in [3.8, 4) is 0 Å². The predicted octanol–water partition coefficient (Wildman–Crippen LogP) is 0.180. The SMILES string of the molecule is Cc1cc(N(C)CCN)ncn1. The van der Waals surface area contributed by atoms with Crippen molar-refractivity contribution in [2.24, 2.45) is 5.73 Å². The Balaban J connectivity index is 2.73. The molecule has 0 aliphatic heterocycles. The molecule has 66 valence electrons. The largest absolute Gasteiger partial charge is 0.358 e. The molecule has 0 atom stereocenters. The Hall–Kier alpha value is -1.16. The van der Waals surface area contributed by atoms with Crippen molar-refractivity contribution >= 4 is 5.82 Å². The lowest BCUT2D eigenvalue weighted by Gasteiger charge is -2.16. The molecule has 1 heterocycles. The number of hydrogen-bond donors (Lipinski definition) is 1. The highest BCUT2D eigenvalue weighted by atomic mass is 15.2. The molecule has 0 amide bonds. The van der Waals surface area contributed by atoms with E-state index < -0.39 is 0 Å². The lowest BCUT2D eigenvalue weighted by Crippen LogP contribution is -2.25. The Morgan fingerprint density at radius 2 is 2.25 bits per heavy atom. The van der Waals surface area contributed by atoms with Gasteiger partial charge in [-0.25, -0.2) is 9.97 Å². The van der Waals surface area contributed by atoms with E-state index in [9.17, 15) is 0 Å². The molecule has 0 aliphatic rings. The Labute approximate surface area is 72.4 Å². The number of aryl methyl sites for hydroxylation is 1. The molecule has 0 radical (unpaired) electrons. The first-order valence-electron chi connectivity index (χ1n) is 3.94. The van der Waals surface area contributed by atoms with Crippen LogP contribution in [0.3, 0.4) is 0 Å². The molecular weight excluding hydrogens is 152 g/mol. The van der Waals surface area contributed by atoms with Crippen LogP contribution in [0.4, 0.5) is 5.82 Å². The van der Waals surface area contributed by atoms with E-state index in [0.29, 0.717) is 6.54 Å². The van der Waals surface area contributed by atoms with Gasteiger partial charge in [0.1, 0.15) is 12.1 Å². The summed E-state index contributed by atoms with van der Waals surface area (Å²) in [5.74, 6) is 0.924. The van der Waals surface area contributed by atoms with Gasteiger partial charge in [-0.2, -0.15) is 0 Å². The van der Waals surface area contributed by atoms with Crippen LogP contribution in [0.5, 0.6) is 0 Å². The molecule has 12 heavy (non-hydrogen) atoms. The lowest BCUT2D eigenvalue weighted by atomic mass is 10.4. The average Bonchev–Trinajstić information content (AvgIpc) is 2.05. The summed E-state index contributed by atoms with van der Waals surface area (Å²) in [5, 5.41) is 0. The van der Waals surface area contributed by atoms with E-state index in [-0.39, 0.29) is 0 Å². The summed E-state index contributed by atoms with van der Waals surface area (Å²) in [6.07, 6.45) is 1.57. The number of rotatable bonds is 3. The molecule has 0 fully saturated rings. The smallest absolute Gasteiger partial charge is 0.131 e. The molecule has 1 aromatic heterocycles. The maximum atomic E-state index is 5.42. The van der Waals surface area contributed by atoms with Crippen LogP contribution in [0.25, 0.3) is 0 Å². The van der Waals surface area contributed by atoms with Crippen LogP contribution < -0.4 is 10.6 Å². The molecule has 0 aliphatic carbocycles. The van der Waals surface area contributed by atoms with E-state index in [4.69, 9.17) is 5.73 Å². The third kappa shape index (κ3) is 2.17. The maximum Gasteiger partial charge on any atom is 0.131 e. The van der Waals surface area contributed by atoms with Gasteiger partial charge in [-0.05, 0) is 6.92 Å². The minimum atomic E-state index is 0.638. The van der Waals surface area contributed by atoms with Crippen LogP contribution in [0.15, 0.2) is 12.4 Å². The standard InChI is InChI=1S/C8H14N4/c1-7-5-8(11-6-10-7)12(2)4-3-9/h5-6H,3-4,9H2,1-2H3. The number of anilines is 1. The summed E-state index contributed by atoms with van der Waals surface area (Å²) >= 11 is 0. The van der Waals surface area contributed by atoms with Crippen LogP contribution in [-0.2, 0) is 0 Å². The van der Waals surface area contributed by atoms with Crippen molar-refractivity contribution in [3.05, 3.63) is 18.1 Å². The Bertz CT molecular complexity index is 249. The fourth-order valence-electron chi connectivity index (χ4n) is 0.957. The number of hydrogen-bond acceptors (Lipinski definition) is 4. The van der Waals surface area contributed by atoms with Crippen LogP contribution in [0.2, 0.25) is 0 Å². The van der Waals surface area contributed by atoms with Crippen LogP contribution >= 0.6 is 0 Å². The summed E-state index contributed by atoms with van der Waals surface area (Å²) in [4.78, 5) is 10.1. The molecule has 4 nitrogen and oxygen atoms in total. The molecule has 0 aromatic carbocycles. The highest BCUT2D eigenvalue weighted by Gasteiger charge is 2.00. The fourth-order valence-corrected chi connectivity index (χ4v) is 0.957. The molecule has 0 spiro atoms. The summed E-state index contributed by atoms with van der Waals surface area (Å²) in [5.41, 5.74) is 6.40. The van der Waals surface area contributed by atoms with Gasteiger partial charge >= 0.3 is 0 Å². The van der Waals surface area contributed by atoms with Gasteiger partial charge in [0.25, 0.3) is 0 Å². The van der Waals surface area contributed by atoms with Crippen molar-refractivity contribution in [2.45, 2.75) is 6.92 Å². The lowest BCUT2D eigenvalue weighted by molar-refractivity contribution is 0.861. The van der Waals surface area contributed by atoms with Gasteiger partial charge in [0, 0.05) is 31.9 Å². The molecule has 0 unspecified atom stereocenters. The van der Waals surface area contributed by atoms with Crippen molar-refractivity contribution in [1.29, 1.82) is 0 Å². The third-order valence-corrected chi connectivity index (χ3v) is 1.64. The minimum Gasteiger partial charge on any atom is -0.358 e. The average molecular weight is 166 g/mol. The van der Waals surface area contributed by atoms with E-state index in [1.807, 2.05) is 24.9 Å². The summed E-state index contributed by atoms with van der Waals surface area (Å²) in [6.45, 7) is 3.40. The molecule has 4 heteroatoms. The van der Waals surface area contributed by atoms with Gasteiger partial charge in [0.15, 0.2) is 0 Å². The van der Waals surface area contributed by atoms with Crippen molar-refractivity contribution in [3.63, 3.8) is 0 Å². The molecule has 2 N–H and O–H groups in total. The molecule has 1 rings (SSSR count). The summed E-state index contributed by atoms with van der Waals surface area (Å²) in [7, 11) is 1.97. The Morgan fingerprint density at radius 3 is 2.83 bits per heavy atom. The summed E-state index contributed by atoms with van der Waals surface area (Å²) < 4.78 is 0. The van der Waals surface area contributed by atoms with Crippen LogP contribution in [-0.4, -0.2) is 30.1 Å². The van der Waals surface area contributed by atoms with Gasteiger partial charge in [-0.1, -0.05) is 0 Å². The minimum absolute atomic E-state index is 0.638. The number of likely N-dealkylation sites (N-methyl/N-ethyl adjacent to an activating group) is 1. The van der Waals surface area contributed by atoms with Gasteiger partial charge < -0.3 is 10.6 Å². The first-order valence-corrected chi connectivity index (χ1v) is 3.94. The molecule has 0 saturated carbocycles. The third-order valence-electron chi connectivity index (χ3n) is 1.64. The normalized spacial score (nSPS) is 9.92. The van der Waals surface area contributed by atoms with E-state index >= 15 is 0 Å². The van der Waals surface area contributed by atoms with Crippen molar-refractivity contribution in [1.82, 2.24) is 9.97 Å². The van der Waals surface area contributed by atoms with Gasteiger partial charge in [0.05, 0.1) is 0 Å². The highest BCUT2D eigenvalue weighted by Crippen LogP contribution is 2.06. The summed E-state index contributed by atoms with van der Waals surface area (Å²) in [6, 6.07) is 1.94. The van der Waals surface area contributed by atoms with Crippen molar-refractivity contribution in [2.75, 3.05) is 25.0 Å². The zero-order valence-corrected chi connectivity index (χ0v) is 7.49. The van der Waals surface area contributed by atoms with Gasteiger partial charge in [-0.15, -0.1) is 0 Å². The van der Waals surface area contributed by atoms with E-state index in [0.717, 1.165) is 18.1 Å². The predicted molar refractivity (Wildman–Crippen MR) is 49.1 cm³/mol. The second-order valence-corrected chi connectivity index (χ2v) is 2.73. The second-order valence-electron chi connectivity index (χ2n) is 2.73. The first-order chi connectivity index (χ1) is 5.74. The second kappa shape index (κ2) is 4.01. The number of nitrogens with zero attached hydrogens (tertiary/aromatic N) is 3. The van der Waals surface area contributed by atoms with E-state index in [1.54, 1.807) is 6.33 Å². The quantitative estimate of drug-likeness (QED) is 0.696. The Kier molecular flexibility index (Phi) is 2.99. The highest BCUT2D eigenvalue weighted by molar-refractivity contribution is 5.37. The monoisotopic (exact) mass is 166 g/mol. The van der Waals surface area contributed by atoms with Gasteiger partial charge in [0.2, 0.25) is 0 Å².